The van der Waals surface area contributed by atoms with E-state index in [1.165, 1.54) is 0 Å². The maximum atomic E-state index is 5.85. The SMILES string of the molecule is Nc1cccc(/C=C/c2nc(-c3ccc(Cl)cc3)no2)c1. The van der Waals surface area contributed by atoms with E-state index >= 15 is 0 Å². The van der Waals surface area contributed by atoms with Crippen molar-refractivity contribution in [2.75, 3.05) is 5.73 Å². The van der Waals surface area contributed by atoms with E-state index in [0.29, 0.717) is 22.4 Å². The second-order valence-corrected chi connectivity index (χ2v) is 4.90. The Morgan fingerprint density at radius 3 is 2.62 bits per heavy atom. The quantitative estimate of drug-likeness (QED) is 0.738. The molecular weight excluding hydrogens is 286 g/mol. The van der Waals surface area contributed by atoms with Gasteiger partial charge in [-0.25, -0.2) is 0 Å². The van der Waals surface area contributed by atoms with E-state index < -0.39 is 0 Å². The Labute approximate surface area is 126 Å². The minimum absolute atomic E-state index is 0.433. The third kappa shape index (κ3) is 3.30. The molecule has 0 radical (unpaired) electrons. The first kappa shape index (κ1) is 13.4. The van der Waals surface area contributed by atoms with Crippen LogP contribution >= 0.6 is 11.6 Å². The molecule has 104 valence electrons. The van der Waals surface area contributed by atoms with Crippen LogP contribution in [0.4, 0.5) is 5.69 Å². The average Bonchev–Trinajstić information content (AvgIpc) is 2.95. The minimum atomic E-state index is 0.433. The van der Waals surface area contributed by atoms with Gasteiger partial charge in [0, 0.05) is 22.3 Å². The fourth-order valence-electron chi connectivity index (χ4n) is 1.85. The molecule has 2 N–H and O–H groups in total. The summed E-state index contributed by atoms with van der Waals surface area (Å²) in [5.74, 6) is 0.960. The van der Waals surface area contributed by atoms with Crippen LogP contribution in [0.3, 0.4) is 0 Å². The molecule has 0 atom stereocenters. The summed E-state index contributed by atoms with van der Waals surface area (Å²) in [6, 6.07) is 14.8. The minimum Gasteiger partial charge on any atom is -0.399 e. The highest BCUT2D eigenvalue weighted by molar-refractivity contribution is 6.30. The van der Waals surface area contributed by atoms with Gasteiger partial charge in [0.1, 0.15) is 0 Å². The molecule has 2 aromatic carbocycles. The molecule has 3 aromatic rings. The summed E-state index contributed by atoms with van der Waals surface area (Å²) < 4.78 is 5.19. The highest BCUT2D eigenvalue weighted by atomic mass is 35.5. The monoisotopic (exact) mass is 297 g/mol. The van der Waals surface area contributed by atoms with Gasteiger partial charge >= 0.3 is 0 Å². The molecule has 5 heteroatoms. The Balaban J connectivity index is 1.80. The summed E-state index contributed by atoms with van der Waals surface area (Å²) >= 11 is 5.85. The standard InChI is InChI=1S/C16H12ClN3O/c17-13-7-5-12(6-8-13)16-19-15(21-20-16)9-4-11-2-1-3-14(18)10-11/h1-10H,18H2/b9-4+. The van der Waals surface area contributed by atoms with E-state index in [1.807, 2.05) is 42.5 Å². The van der Waals surface area contributed by atoms with Crippen LogP contribution in [0.2, 0.25) is 5.02 Å². The molecular formula is C16H12ClN3O. The molecule has 1 aromatic heterocycles. The third-order valence-corrected chi connectivity index (χ3v) is 3.13. The molecule has 4 nitrogen and oxygen atoms in total. The number of hydrogen-bond acceptors (Lipinski definition) is 4. The number of hydrogen-bond donors (Lipinski definition) is 1. The topological polar surface area (TPSA) is 64.9 Å². The second-order valence-electron chi connectivity index (χ2n) is 4.47. The maximum Gasteiger partial charge on any atom is 0.250 e. The van der Waals surface area contributed by atoms with Crippen LogP contribution in [0.25, 0.3) is 23.5 Å². The van der Waals surface area contributed by atoms with Crippen molar-refractivity contribution in [1.29, 1.82) is 0 Å². The van der Waals surface area contributed by atoms with Crippen LogP contribution in [-0.2, 0) is 0 Å². The predicted octanol–water partition coefficient (Wildman–Crippen LogP) is 4.14. The van der Waals surface area contributed by atoms with Gasteiger partial charge in [0.25, 0.3) is 5.89 Å². The molecule has 0 aliphatic rings. The highest BCUT2D eigenvalue weighted by Gasteiger charge is 2.06. The van der Waals surface area contributed by atoms with Gasteiger partial charge in [-0.1, -0.05) is 28.9 Å². The van der Waals surface area contributed by atoms with Gasteiger partial charge in [-0.15, -0.1) is 0 Å². The lowest BCUT2D eigenvalue weighted by molar-refractivity contribution is 0.411. The van der Waals surface area contributed by atoms with Crippen LogP contribution in [-0.4, -0.2) is 10.1 Å². The molecule has 0 amide bonds. The smallest absolute Gasteiger partial charge is 0.250 e. The van der Waals surface area contributed by atoms with Gasteiger partial charge in [0.05, 0.1) is 0 Å². The Morgan fingerprint density at radius 1 is 1.05 bits per heavy atom. The number of nitrogens with two attached hydrogens (primary N) is 1. The fraction of sp³-hybridized carbons (Fsp3) is 0. The molecule has 0 aliphatic carbocycles. The summed E-state index contributed by atoms with van der Waals surface area (Å²) in [7, 11) is 0. The predicted molar refractivity (Wildman–Crippen MR) is 84.5 cm³/mol. The normalized spacial score (nSPS) is 11.1. The third-order valence-electron chi connectivity index (χ3n) is 2.87. The first-order valence-electron chi connectivity index (χ1n) is 6.34. The van der Waals surface area contributed by atoms with Crippen molar-refractivity contribution in [2.24, 2.45) is 0 Å². The first-order valence-corrected chi connectivity index (χ1v) is 6.72. The number of aromatic nitrogens is 2. The van der Waals surface area contributed by atoms with E-state index in [1.54, 1.807) is 18.2 Å². The molecule has 1 heterocycles. The van der Waals surface area contributed by atoms with Gasteiger partial charge in [0.15, 0.2) is 0 Å². The number of nitrogens with zero attached hydrogens (tertiary/aromatic N) is 2. The molecule has 0 bridgehead atoms. The zero-order chi connectivity index (χ0) is 14.7. The summed E-state index contributed by atoms with van der Waals surface area (Å²) in [5, 5.41) is 4.61. The Morgan fingerprint density at radius 2 is 1.86 bits per heavy atom. The van der Waals surface area contributed by atoms with E-state index in [9.17, 15) is 0 Å². The van der Waals surface area contributed by atoms with Crippen molar-refractivity contribution in [3.05, 3.63) is 65.0 Å². The summed E-state index contributed by atoms with van der Waals surface area (Å²) in [6.45, 7) is 0. The van der Waals surface area contributed by atoms with Gasteiger partial charge in [-0.2, -0.15) is 4.98 Å². The summed E-state index contributed by atoms with van der Waals surface area (Å²) in [5.41, 5.74) is 8.26. The maximum absolute atomic E-state index is 5.85. The van der Waals surface area contributed by atoms with Gasteiger partial charge in [-0.05, 0) is 48.0 Å². The fourth-order valence-corrected chi connectivity index (χ4v) is 1.98. The van der Waals surface area contributed by atoms with Crippen LogP contribution < -0.4 is 5.73 Å². The largest absolute Gasteiger partial charge is 0.399 e. The summed E-state index contributed by atoms with van der Waals surface area (Å²) in [6.07, 6.45) is 3.62. The van der Waals surface area contributed by atoms with Gasteiger partial charge < -0.3 is 10.3 Å². The number of nitrogen functional groups attached to an aromatic ring is 1. The second kappa shape index (κ2) is 5.81. The van der Waals surface area contributed by atoms with E-state index in [0.717, 1.165) is 11.1 Å². The van der Waals surface area contributed by atoms with Crippen molar-refractivity contribution in [3.8, 4) is 11.4 Å². The van der Waals surface area contributed by atoms with Crippen LogP contribution in [0.15, 0.2) is 53.1 Å². The van der Waals surface area contributed by atoms with Crippen LogP contribution in [0, 0.1) is 0 Å². The molecule has 21 heavy (non-hydrogen) atoms. The van der Waals surface area contributed by atoms with E-state index in [2.05, 4.69) is 10.1 Å². The molecule has 0 fully saturated rings. The van der Waals surface area contributed by atoms with Crippen molar-refractivity contribution in [1.82, 2.24) is 10.1 Å². The van der Waals surface area contributed by atoms with E-state index in [4.69, 9.17) is 21.9 Å². The zero-order valence-electron chi connectivity index (χ0n) is 11.0. The highest BCUT2D eigenvalue weighted by Crippen LogP contribution is 2.19. The van der Waals surface area contributed by atoms with Crippen LogP contribution in [0.1, 0.15) is 11.5 Å². The Hall–Kier alpha value is -2.59. The molecule has 0 aliphatic heterocycles. The first-order chi connectivity index (χ1) is 10.2. The van der Waals surface area contributed by atoms with Crippen LogP contribution in [0.5, 0.6) is 0 Å². The average molecular weight is 298 g/mol. The van der Waals surface area contributed by atoms with Gasteiger partial charge in [-0.3, -0.25) is 0 Å². The summed E-state index contributed by atoms with van der Waals surface area (Å²) in [4.78, 5) is 4.31. The molecule has 0 unspecified atom stereocenters. The molecule has 0 saturated carbocycles. The van der Waals surface area contributed by atoms with Crippen molar-refractivity contribution in [3.63, 3.8) is 0 Å². The van der Waals surface area contributed by atoms with Crippen molar-refractivity contribution < 1.29 is 4.52 Å². The lowest BCUT2D eigenvalue weighted by Gasteiger charge is -1.94. The number of benzene rings is 2. The molecule has 3 rings (SSSR count). The Bertz CT molecular complexity index is 778. The lowest BCUT2D eigenvalue weighted by atomic mass is 10.2. The molecule has 0 spiro atoms. The zero-order valence-corrected chi connectivity index (χ0v) is 11.8. The Kier molecular flexibility index (Phi) is 3.71. The number of anilines is 1. The number of rotatable bonds is 3. The van der Waals surface area contributed by atoms with E-state index in [-0.39, 0.29) is 0 Å². The van der Waals surface area contributed by atoms with Gasteiger partial charge in [0.2, 0.25) is 5.82 Å². The van der Waals surface area contributed by atoms with Crippen molar-refractivity contribution >= 4 is 29.4 Å². The molecule has 0 saturated heterocycles. The lowest BCUT2D eigenvalue weighted by Crippen LogP contribution is -1.83. The van der Waals surface area contributed by atoms with Crippen molar-refractivity contribution in [2.45, 2.75) is 0 Å². The number of halogens is 1.